The van der Waals surface area contributed by atoms with E-state index in [1.54, 1.807) is 17.0 Å². The maximum absolute atomic E-state index is 12.9. The summed E-state index contributed by atoms with van der Waals surface area (Å²) in [6.45, 7) is 4.45. The maximum Gasteiger partial charge on any atom is 0.308 e. The van der Waals surface area contributed by atoms with Gasteiger partial charge in [0.15, 0.2) is 0 Å². The topological polar surface area (TPSA) is 57.6 Å². The van der Waals surface area contributed by atoms with Gasteiger partial charge in [-0.05, 0) is 43.2 Å². The molecule has 1 amide bonds. The summed E-state index contributed by atoms with van der Waals surface area (Å²) in [7, 11) is 0. The summed E-state index contributed by atoms with van der Waals surface area (Å²) in [5, 5.41) is 10.2. The Bertz CT molecular complexity index is 816. The Morgan fingerprint density at radius 2 is 1.76 bits per heavy atom. The molecule has 1 aliphatic heterocycles. The van der Waals surface area contributed by atoms with Gasteiger partial charge in [0.2, 0.25) is 0 Å². The Morgan fingerprint density at radius 3 is 2.40 bits per heavy atom. The molecule has 4 nitrogen and oxygen atoms in total. The molecule has 0 saturated carbocycles. The van der Waals surface area contributed by atoms with Gasteiger partial charge >= 0.3 is 5.97 Å². The Balaban J connectivity index is 1.89. The number of carboxylic acids is 1. The second kappa shape index (κ2) is 6.89. The predicted molar refractivity (Wildman–Crippen MR) is 97.1 cm³/mol. The van der Waals surface area contributed by atoms with Crippen LogP contribution in [0.15, 0.2) is 42.5 Å². The highest BCUT2D eigenvalue weighted by atomic mass is 35.5. The Hall–Kier alpha value is -2.33. The van der Waals surface area contributed by atoms with Crippen LogP contribution < -0.4 is 0 Å². The minimum Gasteiger partial charge on any atom is -0.481 e. The fourth-order valence-electron chi connectivity index (χ4n) is 3.40. The zero-order chi connectivity index (χ0) is 18.1. The van der Waals surface area contributed by atoms with Crippen molar-refractivity contribution in [3.8, 4) is 0 Å². The van der Waals surface area contributed by atoms with E-state index >= 15 is 0 Å². The Labute approximate surface area is 152 Å². The Morgan fingerprint density at radius 1 is 1.08 bits per heavy atom. The number of halogens is 1. The van der Waals surface area contributed by atoms with Gasteiger partial charge in [-0.1, -0.05) is 41.4 Å². The highest BCUT2D eigenvalue weighted by molar-refractivity contribution is 6.30. The monoisotopic (exact) mass is 357 g/mol. The molecule has 1 heterocycles. The van der Waals surface area contributed by atoms with Crippen LogP contribution in [0.5, 0.6) is 0 Å². The zero-order valence-electron chi connectivity index (χ0n) is 14.2. The third-order valence-corrected chi connectivity index (χ3v) is 5.10. The van der Waals surface area contributed by atoms with Crippen molar-refractivity contribution in [2.45, 2.75) is 19.8 Å². The number of carbonyl (C=O) groups is 2. The van der Waals surface area contributed by atoms with Crippen LogP contribution in [-0.2, 0) is 4.79 Å². The van der Waals surface area contributed by atoms with Crippen molar-refractivity contribution < 1.29 is 14.7 Å². The van der Waals surface area contributed by atoms with E-state index in [4.69, 9.17) is 11.6 Å². The van der Waals surface area contributed by atoms with Crippen molar-refractivity contribution in [2.24, 2.45) is 5.92 Å². The first-order valence-electron chi connectivity index (χ1n) is 8.21. The lowest BCUT2D eigenvalue weighted by atomic mass is 9.89. The number of aliphatic carboxylic acids is 1. The summed E-state index contributed by atoms with van der Waals surface area (Å²) in [4.78, 5) is 26.3. The second-order valence-electron chi connectivity index (χ2n) is 6.63. The van der Waals surface area contributed by atoms with E-state index in [1.807, 2.05) is 44.2 Å². The quantitative estimate of drug-likeness (QED) is 0.906. The Kier molecular flexibility index (Phi) is 4.82. The van der Waals surface area contributed by atoms with Gasteiger partial charge in [0, 0.05) is 29.6 Å². The lowest BCUT2D eigenvalue weighted by Gasteiger charge is -2.18. The third kappa shape index (κ3) is 3.54. The van der Waals surface area contributed by atoms with Crippen molar-refractivity contribution in [2.75, 3.05) is 13.1 Å². The molecule has 1 fully saturated rings. The fourth-order valence-corrected chi connectivity index (χ4v) is 3.53. The summed E-state index contributed by atoms with van der Waals surface area (Å²) in [5.74, 6) is -1.83. The molecule has 0 unspecified atom stereocenters. The van der Waals surface area contributed by atoms with Gasteiger partial charge in [-0.25, -0.2) is 0 Å². The molecule has 1 saturated heterocycles. The summed E-state index contributed by atoms with van der Waals surface area (Å²) < 4.78 is 0. The zero-order valence-corrected chi connectivity index (χ0v) is 15.0. The molecule has 5 heteroatoms. The van der Waals surface area contributed by atoms with E-state index in [1.165, 1.54) is 0 Å². The smallest absolute Gasteiger partial charge is 0.308 e. The van der Waals surface area contributed by atoms with E-state index in [2.05, 4.69) is 0 Å². The van der Waals surface area contributed by atoms with Crippen LogP contribution in [0.2, 0.25) is 5.02 Å². The maximum atomic E-state index is 12.9. The molecule has 0 bridgehead atoms. The lowest BCUT2D eigenvalue weighted by molar-refractivity contribution is -0.141. The van der Waals surface area contributed by atoms with Crippen molar-refractivity contribution in [1.82, 2.24) is 4.90 Å². The average Bonchev–Trinajstić information content (AvgIpc) is 3.02. The van der Waals surface area contributed by atoms with Gasteiger partial charge in [0.25, 0.3) is 5.91 Å². The molecule has 2 aromatic rings. The van der Waals surface area contributed by atoms with E-state index < -0.39 is 11.9 Å². The summed E-state index contributed by atoms with van der Waals surface area (Å²) >= 11 is 5.93. The molecule has 3 rings (SSSR count). The number of nitrogens with zero attached hydrogens (tertiary/aromatic N) is 1. The molecular formula is C20H20ClNO3. The molecular weight excluding hydrogens is 338 g/mol. The first kappa shape index (κ1) is 17.5. The van der Waals surface area contributed by atoms with Crippen LogP contribution in [0.3, 0.4) is 0 Å². The number of aryl methyl sites for hydroxylation is 2. The number of hydrogen-bond acceptors (Lipinski definition) is 2. The SMILES string of the molecule is Cc1ccc(C)c(C(=O)N2C[C@@H](C(=O)O)[C@H](c3ccc(Cl)cc3)C2)c1. The van der Waals surface area contributed by atoms with Crippen LogP contribution in [0, 0.1) is 19.8 Å². The summed E-state index contributed by atoms with van der Waals surface area (Å²) in [5.41, 5.74) is 3.45. The number of hydrogen-bond donors (Lipinski definition) is 1. The predicted octanol–water partition coefficient (Wildman–Crippen LogP) is 3.90. The van der Waals surface area contributed by atoms with Gasteiger partial charge in [0.05, 0.1) is 5.92 Å². The van der Waals surface area contributed by atoms with Crippen molar-refractivity contribution >= 4 is 23.5 Å². The minimum atomic E-state index is -0.879. The molecule has 0 spiro atoms. The van der Waals surface area contributed by atoms with Gasteiger partial charge in [-0.3, -0.25) is 9.59 Å². The summed E-state index contributed by atoms with van der Waals surface area (Å²) in [6.07, 6.45) is 0. The normalized spacial score (nSPS) is 19.9. The van der Waals surface area contributed by atoms with Crippen LogP contribution in [-0.4, -0.2) is 35.0 Å². The molecule has 1 N–H and O–H groups in total. The van der Waals surface area contributed by atoms with E-state index in [0.717, 1.165) is 16.7 Å². The standard InChI is InChI=1S/C20H20ClNO3/c1-12-3-4-13(2)16(9-12)19(23)22-10-17(18(11-22)20(24)25)14-5-7-15(21)8-6-14/h3-9,17-18H,10-11H2,1-2H3,(H,24,25)/t17-,18+/m0/s1. The molecule has 0 aliphatic carbocycles. The van der Waals surface area contributed by atoms with Gasteiger partial charge in [-0.2, -0.15) is 0 Å². The van der Waals surface area contributed by atoms with E-state index in [9.17, 15) is 14.7 Å². The summed E-state index contributed by atoms with van der Waals surface area (Å²) in [6, 6.07) is 12.9. The number of amides is 1. The van der Waals surface area contributed by atoms with Crippen LogP contribution >= 0.6 is 11.6 Å². The molecule has 2 aromatic carbocycles. The lowest BCUT2D eigenvalue weighted by Crippen LogP contribution is -2.30. The molecule has 1 aliphatic rings. The highest BCUT2D eigenvalue weighted by Gasteiger charge is 2.40. The first-order chi connectivity index (χ1) is 11.9. The number of carbonyl (C=O) groups excluding carboxylic acids is 1. The van der Waals surface area contributed by atoms with E-state index in [0.29, 0.717) is 17.1 Å². The molecule has 130 valence electrons. The average molecular weight is 358 g/mol. The van der Waals surface area contributed by atoms with Crippen LogP contribution in [0.4, 0.5) is 0 Å². The fraction of sp³-hybridized carbons (Fsp3) is 0.300. The van der Waals surface area contributed by atoms with Gasteiger partial charge < -0.3 is 10.0 Å². The van der Waals surface area contributed by atoms with Crippen molar-refractivity contribution in [3.05, 3.63) is 69.7 Å². The molecule has 25 heavy (non-hydrogen) atoms. The number of carboxylic acid groups (broad SMARTS) is 1. The van der Waals surface area contributed by atoms with Gasteiger partial charge in [-0.15, -0.1) is 0 Å². The third-order valence-electron chi connectivity index (χ3n) is 4.85. The minimum absolute atomic E-state index is 0.107. The van der Waals surface area contributed by atoms with Crippen LogP contribution in [0.25, 0.3) is 0 Å². The molecule has 0 aromatic heterocycles. The first-order valence-corrected chi connectivity index (χ1v) is 8.59. The van der Waals surface area contributed by atoms with Crippen LogP contribution in [0.1, 0.15) is 33.0 Å². The molecule has 0 radical (unpaired) electrons. The largest absolute Gasteiger partial charge is 0.481 e. The van der Waals surface area contributed by atoms with Gasteiger partial charge in [0.1, 0.15) is 0 Å². The van der Waals surface area contributed by atoms with E-state index in [-0.39, 0.29) is 18.4 Å². The number of benzene rings is 2. The highest BCUT2D eigenvalue weighted by Crippen LogP contribution is 2.34. The number of likely N-dealkylation sites (tertiary alicyclic amines) is 1. The van der Waals surface area contributed by atoms with Crippen molar-refractivity contribution in [3.63, 3.8) is 0 Å². The second-order valence-corrected chi connectivity index (χ2v) is 7.07. The molecule has 2 atom stereocenters. The van der Waals surface area contributed by atoms with Crippen molar-refractivity contribution in [1.29, 1.82) is 0 Å². The number of rotatable bonds is 3.